The van der Waals surface area contributed by atoms with Crippen LogP contribution in [-0.4, -0.2) is 38.7 Å². The number of nitrogens with one attached hydrogen (secondary N) is 1. The molecule has 0 radical (unpaired) electrons. The Hall–Kier alpha value is -2.15. The van der Waals surface area contributed by atoms with Gasteiger partial charge in [0.05, 0.1) is 4.90 Å². The first-order valence-corrected chi connectivity index (χ1v) is 10.0. The van der Waals surface area contributed by atoms with Gasteiger partial charge in [-0.15, -0.1) is 4.40 Å². The Labute approximate surface area is 148 Å². The van der Waals surface area contributed by atoms with E-state index < -0.39 is 10.0 Å². The minimum atomic E-state index is -3.72. The molecule has 1 atom stereocenters. The molecule has 0 bridgehead atoms. The number of allylic oxidation sites excluding steroid dienone is 2. The van der Waals surface area contributed by atoms with E-state index in [1.807, 2.05) is 18.0 Å². The molecule has 1 saturated heterocycles. The smallest absolute Gasteiger partial charge is 0.283 e. The number of nitrogens with zero attached hydrogens (tertiary/aromatic N) is 2. The summed E-state index contributed by atoms with van der Waals surface area (Å²) in [5, 5.41) is 2.86. The number of anilines is 1. The van der Waals surface area contributed by atoms with Crippen LogP contribution < -0.4 is 5.32 Å². The van der Waals surface area contributed by atoms with Crippen molar-refractivity contribution < 1.29 is 13.2 Å². The molecule has 1 aromatic carbocycles. The lowest BCUT2D eigenvalue weighted by Gasteiger charge is -2.17. The molecule has 3 rings (SSSR count). The normalized spacial score (nSPS) is 22.4. The van der Waals surface area contributed by atoms with Crippen molar-refractivity contribution in [2.24, 2.45) is 10.3 Å². The average molecular weight is 361 g/mol. The zero-order chi connectivity index (χ0) is 17.9. The van der Waals surface area contributed by atoms with Crippen LogP contribution in [0.3, 0.4) is 0 Å². The number of amidine groups is 1. The van der Waals surface area contributed by atoms with Crippen LogP contribution in [0.5, 0.6) is 0 Å². The highest BCUT2D eigenvalue weighted by atomic mass is 32.2. The van der Waals surface area contributed by atoms with E-state index in [1.165, 1.54) is 12.1 Å². The van der Waals surface area contributed by atoms with Crippen LogP contribution in [-0.2, 0) is 14.8 Å². The molecular formula is C18H23N3O3S. The van der Waals surface area contributed by atoms with Crippen molar-refractivity contribution >= 4 is 27.5 Å². The summed E-state index contributed by atoms with van der Waals surface area (Å²) in [4.78, 5) is 14.2. The topological polar surface area (TPSA) is 78.8 Å². The second-order valence-electron chi connectivity index (χ2n) is 6.50. The summed E-state index contributed by atoms with van der Waals surface area (Å²) in [6.45, 7) is 0.829. The maximum Gasteiger partial charge on any atom is 0.283 e. The van der Waals surface area contributed by atoms with Crippen LogP contribution in [0.4, 0.5) is 5.69 Å². The minimum absolute atomic E-state index is 0.0160. The summed E-state index contributed by atoms with van der Waals surface area (Å²) in [6, 6.07) is 6.21. The summed E-state index contributed by atoms with van der Waals surface area (Å²) in [5.41, 5.74) is 0.601. The first kappa shape index (κ1) is 17.7. The third-order valence-corrected chi connectivity index (χ3v) is 5.94. The highest BCUT2D eigenvalue weighted by molar-refractivity contribution is 7.90. The molecule has 134 valence electrons. The quantitative estimate of drug-likeness (QED) is 0.837. The van der Waals surface area contributed by atoms with Gasteiger partial charge in [-0.05, 0) is 49.9 Å². The van der Waals surface area contributed by atoms with Crippen molar-refractivity contribution in [2.45, 2.75) is 37.0 Å². The van der Waals surface area contributed by atoms with Crippen molar-refractivity contribution in [3.63, 3.8) is 0 Å². The summed E-state index contributed by atoms with van der Waals surface area (Å²) < 4.78 is 28.8. The van der Waals surface area contributed by atoms with Gasteiger partial charge in [-0.2, -0.15) is 8.42 Å². The summed E-state index contributed by atoms with van der Waals surface area (Å²) in [6.07, 6.45) is 8.24. The minimum Gasteiger partial charge on any atom is -0.362 e. The molecule has 6 nitrogen and oxygen atoms in total. The van der Waals surface area contributed by atoms with Crippen LogP contribution >= 0.6 is 0 Å². The molecule has 1 amide bonds. The third-order valence-electron chi connectivity index (χ3n) is 4.62. The summed E-state index contributed by atoms with van der Waals surface area (Å²) >= 11 is 0. The number of benzene rings is 1. The van der Waals surface area contributed by atoms with Crippen molar-refractivity contribution in [3.8, 4) is 0 Å². The fourth-order valence-corrected chi connectivity index (χ4v) is 4.18. The summed E-state index contributed by atoms with van der Waals surface area (Å²) in [7, 11) is -1.87. The van der Waals surface area contributed by atoms with E-state index in [0.717, 1.165) is 32.2 Å². The number of amides is 1. The second kappa shape index (κ2) is 7.39. The Kier molecular flexibility index (Phi) is 5.22. The number of likely N-dealkylation sites (tertiary alicyclic amines) is 1. The van der Waals surface area contributed by atoms with Gasteiger partial charge in [0.2, 0.25) is 5.91 Å². The van der Waals surface area contributed by atoms with Gasteiger partial charge in [0.1, 0.15) is 5.84 Å². The average Bonchev–Trinajstić information content (AvgIpc) is 3.00. The predicted octanol–water partition coefficient (Wildman–Crippen LogP) is 2.79. The number of hydrogen-bond donors (Lipinski definition) is 1. The molecule has 0 aromatic heterocycles. The zero-order valence-corrected chi connectivity index (χ0v) is 15.1. The first-order valence-electron chi connectivity index (χ1n) is 8.56. The monoisotopic (exact) mass is 361 g/mol. The van der Waals surface area contributed by atoms with E-state index in [2.05, 4.69) is 15.8 Å². The van der Waals surface area contributed by atoms with E-state index in [1.54, 1.807) is 12.1 Å². The van der Waals surface area contributed by atoms with Crippen LogP contribution in [0.2, 0.25) is 0 Å². The number of rotatable bonds is 4. The van der Waals surface area contributed by atoms with Crippen molar-refractivity contribution in [3.05, 3.63) is 36.4 Å². The Morgan fingerprint density at radius 1 is 1.24 bits per heavy atom. The van der Waals surface area contributed by atoms with Crippen molar-refractivity contribution in [1.82, 2.24) is 4.90 Å². The van der Waals surface area contributed by atoms with Gasteiger partial charge in [0.25, 0.3) is 10.0 Å². The molecule has 25 heavy (non-hydrogen) atoms. The molecule has 7 heteroatoms. The molecule has 0 saturated carbocycles. The van der Waals surface area contributed by atoms with Gasteiger partial charge in [-0.25, -0.2) is 0 Å². The maximum atomic E-state index is 12.4. The van der Waals surface area contributed by atoms with Gasteiger partial charge in [0, 0.05) is 31.6 Å². The fraction of sp³-hybridized carbons (Fsp3) is 0.444. The van der Waals surface area contributed by atoms with Crippen LogP contribution in [0.1, 0.15) is 32.1 Å². The molecule has 1 fully saturated rings. The van der Waals surface area contributed by atoms with E-state index >= 15 is 0 Å². The van der Waals surface area contributed by atoms with E-state index in [4.69, 9.17) is 0 Å². The molecular weight excluding hydrogens is 338 g/mol. The van der Waals surface area contributed by atoms with Crippen LogP contribution in [0.25, 0.3) is 0 Å². The number of hydrogen-bond acceptors (Lipinski definition) is 3. The lowest BCUT2D eigenvalue weighted by Crippen LogP contribution is -2.23. The predicted molar refractivity (Wildman–Crippen MR) is 98.0 cm³/mol. The number of carbonyl (C=O) groups excluding carboxylic acids is 1. The molecule has 1 aromatic rings. The molecule has 1 heterocycles. The standard InChI is InChI=1S/C18H23N3O3S/c1-21-13-5-8-17(21)20-25(23,24)16-11-9-15(10-12-16)19-18(22)14-6-3-2-4-7-14/h2-3,9-12,14H,4-8,13H2,1H3,(H,19,22)/t14-/m0/s1. The fourth-order valence-electron chi connectivity index (χ4n) is 3.09. The molecule has 0 unspecified atom stereocenters. The summed E-state index contributed by atoms with van der Waals surface area (Å²) in [5.74, 6) is 0.563. The zero-order valence-electron chi connectivity index (χ0n) is 14.3. The number of carbonyl (C=O) groups is 1. The Morgan fingerprint density at radius 3 is 2.60 bits per heavy atom. The Balaban J connectivity index is 1.69. The van der Waals surface area contributed by atoms with Gasteiger partial charge >= 0.3 is 0 Å². The molecule has 1 aliphatic carbocycles. The first-order chi connectivity index (χ1) is 12.0. The van der Waals surface area contributed by atoms with Gasteiger partial charge in [-0.3, -0.25) is 4.79 Å². The van der Waals surface area contributed by atoms with Gasteiger partial charge < -0.3 is 10.2 Å². The maximum absolute atomic E-state index is 12.4. The van der Waals surface area contributed by atoms with Crippen LogP contribution in [0, 0.1) is 5.92 Å². The third kappa shape index (κ3) is 4.28. The molecule has 1 N–H and O–H groups in total. The van der Waals surface area contributed by atoms with E-state index in [-0.39, 0.29) is 16.7 Å². The van der Waals surface area contributed by atoms with E-state index in [0.29, 0.717) is 17.9 Å². The second-order valence-corrected chi connectivity index (χ2v) is 8.11. The highest BCUT2D eigenvalue weighted by Crippen LogP contribution is 2.22. The van der Waals surface area contributed by atoms with Gasteiger partial charge in [0.15, 0.2) is 0 Å². The molecule has 1 aliphatic heterocycles. The molecule has 0 spiro atoms. The van der Waals surface area contributed by atoms with E-state index in [9.17, 15) is 13.2 Å². The van der Waals surface area contributed by atoms with Crippen molar-refractivity contribution in [1.29, 1.82) is 0 Å². The van der Waals surface area contributed by atoms with Crippen molar-refractivity contribution in [2.75, 3.05) is 18.9 Å². The largest absolute Gasteiger partial charge is 0.362 e. The highest BCUT2D eigenvalue weighted by Gasteiger charge is 2.21. The van der Waals surface area contributed by atoms with Gasteiger partial charge in [-0.1, -0.05) is 12.2 Å². The number of sulfonamides is 1. The lowest BCUT2D eigenvalue weighted by atomic mass is 9.93. The van der Waals surface area contributed by atoms with Crippen LogP contribution in [0.15, 0.2) is 45.7 Å². The SMILES string of the molecule is CN1CCCC1=NS(=O)(=O)c1ccc(NC(=O)[C@H]2CC=CCC2)cc1. The Morgan fingerprint density at radius 2 is 2.00 bits per heavy atom. The molecule has 2 aliphatic rings. The Bertz CT molecular complexity index is 797. The lowest BCUT2D eigenvalue weighted by molar-refractivity contribution is -0.120.